The van der Waals surface area contributed by atoms with Gasteiger partial charge < -0.3 is 19.3 Å². The van der Waals surface area contributed by atoms with Gasteiger partial charge in [-0.05, 0) is 67.9 Å². The maximum atomic E-state index is 14.1. The van der Waals surface area contributed by atoms with Gasteiger partial charge in [0, 0.05) is 37.4 Å². The summed E-state index contributed by atoms with van der Waals surface area (Å²) in [5, 5.41) is 5.41. The highest BCUT2D eigenvalue weighted by atomic mass is 32.2. The summed E-state index contributed by atoms with van der Waals surface area (Å²) >= 11 is 0. The Morgan fingerprint density at radius 3 is 2.15 bits per heavy atom. The molecule has 4 aromatic rings. The van der Waals surface area contributed by atoms with Gasteiger partial charge in [0.2, 0.25) is 0 Å². The van der Waals surface area contributed by atoms with Crippen LogP contribution in [0.2, 0.25) is 0 Å². The summed E-state index contributed by atoms with van der Waals surface area (Å²) in [6.45, 7) is 4.40. The molecule has 2 aromatic heterocycles. The number of aromatic nitrogens is 3. The van der Waals surface area contributed by atoms with E-state index in [1.807, 2.05) is 66.4 Å². The number of nitrogens with zero attached hydrogens (tertiary/aromatic N) is 5. The third-order valence-electron chi connectivity index (χ3n) is 8.01. The van der Waals surface area contributed by atoms with Gasteiger partial charge in [0.1, 0.15) is 11.5 Å². The minimum Gasteiger partial charge on any atom is -0.497 e. The number of benzene rings is 2. The van der Waals surface area contributed by atoms with Crippen LogP contribution in [-0.2, 0) is 9.84 Å². The van der Waals surface area contributed by atoms with Crippen LogP contribution in [0, 0.1) is 6.92 Å². The van der Waals surface area contributed by atoms with Crippen LogP contribution in [0.25, 0.3) is 22.3 Å². The Bertz CT molecular complexity index is 1690. The molecule has 0 saturated carbocycles. The quantitative estimate of drug-likeness (QED) is 0.342. The molecule has 2 aromatic carbocycles. The largest absolute Gasteiger partial charge is 0.497 e. The number of sulfone groups is 1. The number of carbonyl (C=O) groups excluding carboxylic acids is 1. The predicted molar refractivity (Wildman–Crippen MR) is 158 cm³/mol. The Kier molecular flexibility index (Phi) is 7.06. The lowest BCUT2D eigenvalue weighted by Gasteiger charge is -2.36. The maximum Gasteiger partial charge on any atom is 0.254 e. The second-order valence-corrected chi connectivity index (χ2v) is 12.8. The number of ether oxygens (including phenoxy) is 2. The van der Waals surface area contributed by atoms with Crippen molar-refractivity contribution >= 4 is 32.5 Å². The molecule has 0 bridgehead atoms. The minimum atomic E-state index is -3.14. The number of fused-ring (bicyclic) bond motifs is 1. The van der Waals surface area contributed by atoms with Crippen molar-refractivity contribution in [3.8, 4) is 22.8 Å². The van der Waals surface area contributed by atoms with E-state index in [9.17, 15) is 13.2 Å². The normalized spacial score (nSPS) is 18.6. The third-order valence-corrected chi connectivity index (χ3v) is 9.76. The first-order chi connectivity index (χ1) is 19.8. The molecule has 2 aliphatic heterocycles. The Labute approximate surface area is 239 Å². The van der Waals surface area contributed by atoms with Crippen molar-refractivity contribution in [3.63, 3.8) is 0 Å². The molecule has 41 heavy (non-hydrogen) atoms. The number of carbonyl (C=O) groups is 1. The summed E-state index contributed by atoms with van der Waals surface area (Å²) < 4.78 is 36.9. The minimum absolute atomic E-state index is 0.0221. The number of piperazine rings is 1. The summed E-state index contributed by atoms with van der Waals surface area (Å²) in [5.41, 5.74) is 4.28. The molecule has 2 aliphatic rings. The van der Waals surface area contributed by atoms with Gasteiger partial charge in [0.25, 0.3) is 5.91 Å². The number of hydrogen-bond donors (Lipinski definition) is 0. The van der Waals surface area contributed by atoms with E-state index < -0.39 is 9.84 Å². The molecule has 1 unspecified atom stereocenters. The molecular formula is C30H33N5O5S. The SMILES string of the molecule is COc1ccc(-c2cc(C(=O)N3CCN(c4ccc(OC)cc4)CC3)c3c(C)nn(C4CCS(=O)(=O)C4)c3n2)cc1. The average Bonchev–Trinajstić information content (AvgIpc) is 3.54. The third kappa shape index (κ3) is 5.21. The van der Waals surface area contributed by atoms with Gasteiger partial charge >= 0.3 is 0 Å². The molecule has 4 heterocycles. The van der Waals surface area contributed by atoms with Gasteiger partial charge in [-0.1, -0.05) is 0 Å². The van der Waals surface area contributed by atoms with E-state index >= 15 is 0 Å². The van der Waals surface area contributed by atoms with Crippen molar-refractivity contribution in [2.24, 2.45) is 0 Å². The van der Waals surface area contributed by atoms with Crippen molar-refractivity contribution in [2.75, 3.05) is 56.8 Å². The van der Waals surface area contributed by atoms with E-state index in [1.54, 1.807) is 18.9 Å². The maximum absolute atomic E-state index is 14.1. The van der Waals surface area contributed by atoms with Crippen molar-refractivity contribution in [1.82, 2.24) is 19.7 Å². The summed E-state index contributed by atoms with van der Waals surface area (Å²) in [7, 11) is 0.124. The van der Waals surface area contributed by atoms with Crippen LogP contribution >= 0.6 is 0 Å². The summed E-state index contributed by atoms with van der Waals surface area (Å²) in [5.74, 6) is 1.60. The molecule has 1 atom stereocenters. The first-order valence-corrected chi connectivity index (χ1v) is 15.5. The molecule has 2 saturated heterocycles. The van der Waals surface area contributed by atoms with Crippen LogP contribution in [0.15, 0.2) is 54.6 Å². The highest BCUT2D eigenvalue weighted by molar-refractivity contribution is 7.91. The van der Waals surface area contributed by atoms with Gasteiger partial charge in [0.15, 0.2) is 15.5 Å². The summed E-state index contributed by atoms with van der Waals surface area (Å²) in [4.78, 5) is 23.2. The molecular weight excluding hydrogens is 542 g/mol. The number of methoxy groups -OCH3 is 2. The number of amides is 1. The van der Waals surface area contributed by atoms with E-state index in [-0.39, 0.29) is 23.5 Å². The van der Waals surface area contributed by atoms with Crippen LogP contribution in [0.3, 0.4) is 0 Å². The van der Waals surface area contributed by atoms with Crippen LogP contribution in [0.5, 0.6) is 11.5 Å². The van der Waals surface area contributed by atoms with Gasteiger partial charge in [-0.3, -0.25) is 4.79 Å². The average molecular weight is 576 g/mol. The molecule has 11 heteroatoms. The molecule has 0 spiro atoms. The Hall–Kier alpha value is -4.12. The first-order valence-electron chi connectivity index (χ1n) is 13.7. The molecule has 214 valence electrons. The lowest BCUT2D eigenvalue weighted by molar-refractivity contribution is 0.0748. The molecule has 1 amide bonds. The number of aryl methyl sites for hydroxylation is 1. The van der Waals surface area contributed by atoms with Crippen molar-refractivity contribution in [1.29, 1.82) is 0 Å². The second-order valence-electron chi connectivity index (χ2n) is 10.5. The Morgan fingerprint density at radius 2 is 1.56 bits per heavy atom. The summed E-state index contributed by atoms with van der Waals surface area (Å²) in [6.07, 6.45) is 0.476. The van der Waals surface area contributed by atoms with Gasteiger partial charge in [-0.2, -0.15) is 5.10 Å². The molecule has 2 fully saturated rings. The van der Waals surface area contributed by atoms with Gasteiger partial charge in [-0.15, -0.1) is 0 Å². The second kappa shape index (κ2) is 10.7. The smallest absolute Gasteiger partial charge is 0.254 e. The van der Waals surface area contributed by atoms with E-state index in [2.05, 4.69) is 4.90 Å². The zero-order valence-electron chi connectivity index (χ0n) is 23.4. The number of pyridine rings is 1. The number of anilines is 1. The molecule has 6 rings (SSSR count). The highest BCUT2D eigenvalue weighted by Gasteiger charge is 2.33. The molecule has 0 radical (unpaired) electrons. The standard InChI is InChI=1S/C30H33N5O5S/c1-20-28-26(30(36)34-15-13-33(14-16-34)22-6-10-25(40-3)11-7-22)18-27(21-4-8-24(39-2)9-5-21)31-29(28)35(32-20)23-12-17-41(37,38)19-23/h4-11,18,23H,12-17,19H2,1-3H3. The zero-order valence-corrected chi connectivity index (χ0v) is 24.2. The summed E-state index contributed by atoms with van der Waals surface area (Å²) in [6, 6.07) is 17.0. The van der Waals surface area contributed by atoms with Crippen LogP contribution in [-0.4, -0.2) is 85.9 Å². The first kappa shape index (κ1) is 27.1. The van der Waals surface area contributed by atoms with Gasteiger partial charge in [0.05, 0.1) is 54.1 Å². The van der Waals surface area contributed by atoms with E-state index in [0.29, 0.717) is 60.6 Å². The molecule has 10 nitrogen and oxygen atoms in total. The van der Waals surface area contributed by atoms with Crippen molar-refractivity contribution in [2.45, 2.75) is 19.4 Å². The number of rotatable bonds is 6. The monoisotopic (exact) mass is 575 g/mol. The highest BCUT2D eigenvalue weighted by Crippen LogP contribution is 2.33. The predicted octanol–water partition coefficient (Wildman–Crippen LogP) is 3.75. The van der Waals surface area contributed by atoms with Crippen molar-refractivity contribution < 1.29 is 22.7 Å². The lowest BCUT2D eigenvalue weighted by atomic mass is 10.0. The Morgan fingerprint density at radius 1 is 0.927 bits per heavy atom. The van der Waals surface area contributed by atoms with E-state index in [1.165, 1.54) is 0 Å². The van der Waals surface area contributed by atoms with E-state index in [0.717, 1.165) is 22.7 Å². The van der Waals surface area contributed by atoms with E-state index in [4.69, 9.17) is 19.6 Å². The molecule has 0 aliphatic carbocycles. The fourth-order valence-electron chi connectivity index (χ4n) is 5.75. The molecule has 0 N–H and O–H groups in total. The van der Waals surface area contributed by atoms with Crippen molar-refractivity contribution in [3.05, 3.63) is 65.9 Å². The fraction of sp³-hybridized carbons (Fsp3) is 0.367. The van der Waals surface area contributed by atoms with Crippen LogP contribution in [0.4, 0.5) is 5.69 Å². The van der Waals surface area contributed by atoms with Crippen LogP contribution in [0.1, 0.15) is 28.5 Å². The van der Waals surface area contributed by atoms with Gasteiger partial charge in [-0.25, -0.2) is 18.1 Å². The Balaban J connectivity index is 1.36. The van der Waals surface area contributed by atoms with Crippen LogP contribution < -0.4 is 14.4 Å². The topological polar surface area (TPSA) is 107 Å². The number of hydrogen-bond acceptors (Lipinski definition) is 8. The fourth-order valence-corrected chi connectivity index (χ4v) is 7.44. The lowest BCUT2D eigenvalue weighted by Crippen LogP contribution is -2.48. The zero-order chi connectivity index (χ0) is 28.7.